The minimum atomic E-state index is -0.368. The Morgan fingerprint density at radius 3 is 2.81 bits per heavy atom. The van der Waals surface area contributed by atoms with Crippen LogP contribution in [0.3, 0.4) is 0 Å². The molecule has 1 aromatic rings. The van der Waals surface area contributed by atoms with Crippen LogP contribution in [0.1, 0.15) is 19.4 Å². The average molecular weight is 261 g/mol. The number of ketones is 1. The van der Waals surface area contributed by atoms with Gasteiger partial charge in [-0.2, -0.15) is 11.8 Å². The van der Waals surface area contributed by atoms with Crippen molar-refractivity contribution in [3.05, 3.63) is 34.6 Å². The Balaban J connectivity index is 2.59. The summed E-state index contributed by atoms with van der Waals surface area (Å²) in [5.41, 5.74) is 0.377. The first kappa shape index (κ1) is 13.5. The number of thioether (sulfide) groups is 1. The third-order valence-electron chi connectivity index (χ3n) is 1.97. The van der Waals surface area contributed by atoms with Gasteiger partial charge in [-0.25, -0.2) is 4.39 Å². The molecule has 0 aliphatic rings. The van der Waals surface area contributed by atoms with E-state index >= 15 is 0 Å². The SMILES string of the molecule is CC(C)SCC(=O)Cc1cc(Cl)ccc1F. The van der Waals surface area contributed by atoms with E-state index < -0.39 is 0 Å². The summed E-state index contributed by atoms with van der Waals surface area (Å²) in [7, 11) is 0. The maximum atomic E-state index is 13.3. The summed E-state index contributed by atoms with van der Waals surface area (Å²) in [5, 5.41) is 0.869. The van der Waals surface area contributed by atoms with Crippen molar-refractivity contribution in [2.24, 2.45) is 0 Å². The van der Waals surface area contributed by atoms with Gasteiger partial charge in [0.25, 0.3) is 0 Å². The zero-order valence-electron chi connectivity index (χ0n) is 9.30. The first-order valence-electron chi connectivity index (χ1n) is 5.06. The minimum Gasteiger partial charge on any atom is -0.298 e. The van der Waals surface area contributed by atoms with Gasteiger partial charge in [-0.05, 0) is 29.0 Å². The first-order valence-corrected chi connectivity index (χ1v) is 6.49. The third kappa shape index (κ3) is 4.54. The molecule has 4 heteroatoms. The van der Waals surface area contributed by atoms with Crippen molar-refractivity contribution >= 4 is 29.1 Å². The standard InChI is InChI=1S/C12H14ClFOS/c1-8(2)16-7-11(15)6-9-5-10(13)3-4-12(9)14/h3-5,8H,6-7H2,1-2H3. The molecule has 0 unspecified atom stereocenters. The molecule has 16 heavy (non-hydrogen) atoms. The molecular formula is C12H14ClFOS. The van der Waals surface area contributed by atoms with E-state index in [0.29, 0.717) is 21.6 Å². The van der Waals surface area contributed by atoms with Gasteiger partial charge in [0, 0.05) is 11.4 Å². The van der Waals surface area contributed by atoms with Gasteiger partial charge in [0.1, 0.15) is 11.6 Å². The second-order valence-corrected chi connectivity index (χ2v) is 5.81. The van der Waals surface area contributed by atoms with Crippen molar-refractivity contribution in [2.45, 2.75) is 25.5 Å². The average Bonchev–Trinajstić information content (AvgIpc) is 2.20. The van der Waals surface area contributed by atoms with Crippen molar-refractivity contribution in [1.82, 2.24) is 0 Å². The second-order valence-electron chi connectivity index (χ2n) is 3.81. The van der Waals surface area contributed by atoms with Gasteiger partial charge < -0.3 is 0 Å². The van der Waals surface area contributed by atoms with Crippen molar-refractivity contribution in [1.29, 1.82) is 0 Å². The van der Waals surface area contributed by atoms with Gasteiger partial charge in [-0.3, -0.25) is 4.79 Å². The Morgan fingerprint density at radius 1 is 1.50 bits per heavy atom. The number of Topliss-reactive ketones (excluding diaryl/α,β-unsaturated/α-hetero) is 1. The summed E-state index contributed by atoms with van der Waals surface area (Å²) in [6, 6.07) is 4.28. The number of carbonyl (C=O) groups excluding carboxylic acids is 1. The maximum Gasteiger partial charge on any atom is 0.147 e. The summed E-state index contributed by atoms with van der Waals surface area (Å²) in [5.74, 6) is 0.0797. The second kappa shape index (κ2) is 6.26. The minimum absolute atomic E-state index is 0.0277. The highest BCUT2D eigenvalue weighted by atomic mass is 35.5. The molecule has 1 nitrogen and oxygen atoms in total. The molecule has 0 aliphatic heterocycles. The van der Waals surface area contributed by atoms with Crippen LogP contribution in [-0.2, 0) is 11.2 Å². The van der Waals surface area contributed by atoms with E-state index in [9.17, 15) is 9.18 Å². The molecule has 0 spiro atoms. The number of halogens is 2. The van der Waals surface area contributed by atoms with Crippen molar-refractivity contribution in [3.63, 3.8) is 0 Å². The third-order valence-corrected chi connectivity index (χ3v) is 3.36. The Morgan fingerprint density at radius 2 is 2.19 bits per heavy atom. The van der Waals surface area contributed by atoms with Crippen LogP contribution in [0.4, 0.5) is 4.39 Å². The lowest BCUT2D eigenvalue weighted by Gasteiger charge is -2.05. The van der Waals surface area contributed by atoms with Crippen molar-refractivity contribution in [3.8, 4) is 0 Å². The highest BCUT2D eigenvalue weighted by molar-refractivity contribution is 8.00. The van der Waals surface area contributed by atoms with Crippen LogP contribution in [0.5, 0.6) is 0 Å². The fourth-order valence-electron chi connectivity index (χ4n) is 1.20. The molecule has 0 saturated heterocycles. The maximum absolute atomic E-state index is 13.3. The zero-order chi connectivity index (χ0) is 12.1. The Labute approximate surface area is 104 Å². The molecule has 0 heterocycles. The lowest BCUT2D eigenvalue weighted by molar-refractivity contribution is -0.116. The molecule has 0 aromatic heterocycles. The Bertz CT molecular complexity index is 379. The fourth-order valence-corrected chi connectivity index (χ4v) is 2.02. The molecule has 0 amide bonds. The number of rotatable bonds is 5. The number of carbonyl (C=O) groups is 1. The molecule has 0 aliphatic carbocycles. The van der Waals surface area contributed by atoms with Crippen LogP contribution in [0, 0.1) is 5.82 Å². The highest BCUT2D eigenvalue weighted by Gasteiger charge is 2.09. The lowest BCUT2D eigenvalue weighted by Crippen LogP contribution is -2.09. The summed E-state index contributed by atoms with van der Waals surface area (Å²) < 4.78 is 13.3. The highest BCUT2D eigenvalue weighted by Crippen LogP contribution is 2.17. The zero-order valence-corrected chi connectivity index (χ0v) is 10.9. The molecule has 0 atom stereocenters. The predicted molar refractivity (Wildman–Crippen MR) is 67.7 cm³/mol. The van der Waals surface area contributed by atoms with Crippen molar-refractivity contribution in [2.75, 3.05) is 5.75 Å². The normalized spacial score (nSPS) is 10.8. The number of hydrogen-bond acceptors (Lipinski definition) is 2. The van der Waals surface area contributed by atoms with Gasteiger partial charge in [0.05, 0.1) is 5.75 Å². The topological polar surface area (TPSA) is 17.1 Å². The molecular weight excluding hydrogens is 247 g/mol. The molecule has 0 radical (unpaired) electrons. The molecule has 88 valence electrons. The number of benzene rings is 1. The van der Waals surface area contributed by atoms with Gasteiger partial charge >= 0.3 is 0 Å². The van der Waals surface area contributed by atoms with E-state index in [2.05, 4.69) is 0 Å². The Kier molecular flexibility index (Phi) is 5.29. The van der Waals surface area contributed by atoms with Gasteiger partial charge in [-0.15, -0.1) is 0 Å². The smallest absolute Gasteiger partial charge is 0.147 e. The van der Waals surface area contributed by atoms with Crippen LogP contribution in [0.25, 0.3) is 0 Å². The quantitative estimate of drug-likeness (QED) is 0.802. The molecule has 1 aromatic carbocycles. The summed E-state index contributed by atoms with van der Waals surface area (Å²) in [6.45, 7) is 4.05. The molecule has 1 rings (SSSR count). The lowest BCUT2D eigenvalue weighted by atomic mass is 10.1. The van der Waals surface area contributed by atoms with E-state index in [4.69, 9.17) is 11.6 Å². The van der Waals surface area contributed by atoms with E-state index in [1.54, 1.807) is 11.8 Å². The molecule has 0 saturated carbocycles. The first-order chi connectivity index (χ1) is 7.49. The van der Waals surface area contributed by atoms with Crippen LogP contribution in [0.15, 0.2) is 18.2 Å². The van der Waals surface area contributed by atoms with Crippen LogP contribution >= 0.6 is 23.4 Å². The van der Waals surface area contributed by atoms with Crippen LogP contribution < -0.4 is 0 Å². The number of hydrogen-bond donors (Lipinski definition) is 0. The monoisotopic (exact) mass is 260 g/mol. The molecule has 0 bridgehead atoms. The molecule has 0 N–H and O–H groups in total. The van der Waals surface area contributed by atoms with Gasteiger partial charge in [0.15, 0.2) is 0 Å². The summed E-state index contributed by atoms with van der Waals surface area (Å²) in [6.07, 6.45) is 0.117. The predicted octanol–water partition coefficient (Wildman–Crippen LogP) is 3.73. The fraction of sp³-hybridized carbons (Fsp3) is 0.417. The van der Waals surface area contributed by atoms with E-state index in [1.165, 1.54) is 18.2 Å². The van der Waals surface area contributed by atoms with Crippen molar-refractivity contribution < 1.29 is 9.18 Å². The summed E-state index contributed by atoms with van der Waals surface area (Å²) in [4.78, 5) is 11.5. The van der Waals surface area contributed by atoms with E-state index in [0.717, 1.165) is 0 Å². The van der Waals surface area contributed by atoms with Gasteiger partial charge in [-0.1, -0.05) is 25.4 Å². The largest absolute Gasteiger partial charge is 0.298 e. The summed E-state index contributed by atoms with van der Waals surface area (Å²) >= 11 is 7.31. The molecule has 0 fully saturated rings. The van der Waals surface area contributed by atoms with Crippen LogP contribution in [-0.4, -0.2) is 16.8 Å². The Hall–Kier alpha value is -0.540. The van der Waals surface area contributed by atoms with E-state index in [1.807, 2.05) is 13.8 Å². The van der Waals surface area contributed by atoms with E-state index in [-0.39, 0.29) is 18.0 Å². The van der Waals surface area contributed by atoms with Crippen LogP contribution in [0.2, 0.25) is 5.02 Å². The van der Waals surface area contributed by atoms with Gasteiger partial charge in [0.2, 0.25) is 0 Å².